The Balaban J connectivity index is 0.000000156. The monoisotopic (exact) mass is 1230 g/mol. The summed E-state index contributed by atoms with van der Waals surface area (Å²) in [4.78, 5) is 29.7. The first-order chi connectivity index (χ1) is 41.4. The average molecular weight is 1230 g/mol. The summed E-state index contributed by atoms with van der Waals surface area (Å²) >= 11 is 0. The van der Waals surface area contributed by atoms with E-state index in [0.29, 0.717) is 76.0 Å². The molecule has 16 nitrogen and oxygen atoms in total. The van der Waals surface area contributed by atoms with E-state index in [-0.39, 0.29) is 43.3 Å². The lowest BCUT2D eigenvalue weighted by atomic mass is 10.0. The number of halogens is 9. The lowest BCUT2D eigenvalue weighted by Gasteiger charge is -2.37. The van der Waals surface area contributed by atoms with Crippen molar-refractivity contribution in [3.05, 3.63) is 107 Å². The third kappa shape index (κ3) is 11.9. The van der Waals surface area contributed by atoms with Crippen LogP contribution in [0.25, 0.3) is 66.9 Å². The summed E-state index contributed by atoms with van der Waals surface area (Å²) in [6.45, 7) is 17.2. The molecule has 3 aliphatic heterocycles. The molecular formula is C63H69F9N12O4. The zero-order chi connectivity index (χ0) is 62.6. The predicted molar refractivity (Wildman–Crippen MR) is 321 cm³/mol. The maximum Gasteiger partial charge on any atom is 0.416 e. The topological polar surface area (TPSA) is 155 Å². The second kappa shape index (κ2) is 24.9. The zero-order valence-corrected chi connectivity index (χ0v) is 49.6. The van der Waals surface area contributed by atoms with Gasteiger partial charge in [-0.3, -0.25) is 14.0 Å². The van der Waals surface area contributed by atoms with Crippen LogP contribution in [-0.4, -0.2) is 103 Å². The summed E-state index contributed by atoms with van der Waals surface area (Å²) in [7, 11) is 4.06. The van der Waals surface area contributed by atoms with Gasteiger partial charge in [-0.2, -0.15) is 54.8 Å². The van der Waals surface area contributed by atoms with Crippen molar-refractivity contribution in [3.63, 3.8) is 0 Å². The number of pyridine rings is 3. The number of rotatable bonds is 13. The van der Waals surface area contributed by atoms with Crippen LogP contribution in [0.15, 0.2) is 72.8 Å². The molecule has 9 heterocycles. The molecule has 468 valence electrons. The lowest BCUT2D eigenvalue weighted by Crippen LogP contribution is -2.42. The molecule has 0 saturated carbocycles. The van der Waals surface area contributed by atoms with Crippen LogP contribution in [0.4, 0.5) is 56.6 Å². The first-order valence-electron chi connectivity index (χ1n) is 28.5. The number of hydrogen-bond acceptors (Lipinski definition) is 13. The van der Waals surface area contributed by atoms with Crippen molar-refractivity contribution in [2.24, 2.45) is 0 Å². The second-order valence-electron chi connectivity index (χ2n) is 21.7. The first kappa shape index (κ1) is 63.9. The molecule has 9 aromatic rings. The minimum Gasteiger partial charge on any atom is -0.496 e. The van der Waals surface area contributed by atoms with Gasteiger partial charge in [-0.25, -0.2) is 15.0 Å². The van der Waals surface area contributed by atoms with Crippen molar-refractivity contribution >= 4 is 56.4 Å². The molecule has 88 heavy (non-hydrogen) atoms. The Morgan fingerprint density at radius 3 is 1.26 bits per heavy atom. The second-order valence-corrected chi connectivity index (χ2v) is 21.7. The molecule has 0 saturated heterocycles. The van der Waals surface area contributed by atoms with Crippen molar-refractivity contribution < 1.29 is 58.5 Å². The fraction of sp³-hybridized carbons (Fsp3) is 0.413. The van der Waals surface area contributed by atoms with Gasteiger partial charge in [0, 0.05) is 58.4 Å². The maximum absolute atomic E-state index is 13.2. The molecule has 0 amide bonds. The van der Waals surface area contributed by atoms with E-state index in [1.165, 1.54) is 39.5 Å². The Hall–Kier alpha value is -8.64. The Bertz CT molecular complexity index is 4060. The third-order valence-electron chi connectivity index (χ3n) is 16.0. The number of benzene rings is 3. The minimum atomic E-state index is -4.47. The van der Waals surface area contributed by atoms with Crippen molar-refractivity contribution in [2.75, 3.05) is 49.5 Å². The van der Waals surface area contributed by atoms with Crippen molar-refractivity contribution in [1.82, 2.24) is 44.3 Å². The summed E-state index contributed by atoms with van der Waals surface area (Å²) in [5.41, 5.74) is 10.5. The van der Waals surface area contributed by atoms with Crippen LogP contribution in [-0.2, 0) is 43.0 Å². The van der Waals surface area contributed by atoms with Gasteiger partial charge in [0.15, 0.2) is 0 Å². The van der Waals surface area contributed by atoms with Gasteiger partial charge in [-0.15, -0.1) is 0 Å². The number of alkyl halides is 9. The summed E-state index contributed by atoms with van der Waals surface area (Å²) < 4.78 is 140. The molecule has 0 aliphatic carbocycles. The van der Waals surface area contributed by atoms with Gasteiger partial charge in [-0.05, 0) is 119 Å². The normalized spacial score (nSPS) is 16.1. The van der Waals surface area contributed by atoms with Gasteiger partial charge in [0.05, 0.1) is 81.3 Å². The molecule has 0 spiro atoms. The van der Waals surface area contributed by atoms with E-state index in [0.717, 1.165) is 126 Å². The smallest absolute Gasteiger partial charge is 0.416 e. The van der Waals surface area contributed by atoms with Crippen LogP contribution in [0.2, 0.25) is 0 Å². The molecule has 3 aromatic carbocycles. The molecule has 0 bridgehead atoms. The third-order valence-corrected chi connectivity index (χ3v) is 16.0. The fourth-order valence-corrected chi connectivity index (χ4v) is 11.8. The number of carbonyl (C=O) groups is 1. The number of ether oxygens (including phenoxy) is 3. The van der Waals surface area contributed by atoms with Crippen LogP contribution >= 0.6 is 0 Å². The Morgan fingerprint density at radius 1 is 0.523 bits per heavy atom. The average Bonchev–Trinajstić information content (AvgIpc) is 1.60. The number of carbonyl (C=O) groups excluding carboxylic acids is 1. The number of anilines is 3. The Labute approximate surface area is 502 Å². The van der Waals surface area contributed by atoms with E-state index in [2.05, 4.69) is 52.1 Å². The van der Waals surface area contributed by atoms with Gasteiger partial charge in [0.25, 0.3) is 0 Å². The van der Waals surface area contributed by atoms with E-state index in [9.17, 15) is 44.3 Å². The van der Waals surface area contributed by atoms with Gasteiger partial charge in [-0.1, -0.05) is 35.1 Å². The summed E-state index contributed by atoms with van der Waals surface area (Å²) in [5.74, 6) is 0.343. The molecule has 25 heteroatoms. The molecule has 6 aromatic heterocycles. The number of methoxy groups -OCH3 is 3. The van der Waals surface area contributed by atoms with Crippen molar-refractivity contribution in [2.45, 2.75) is 138 Å². The molecule has 3 atom stereocenters. The highest BCUT2D eigenvalue weighted by molar-refractivity contribution is 6.02. The van der Waals surface area contributed by atoms with Gasteiger partial charge >= 0.3 is 18.5 Å². The van der Waals surface area contributed by atoms with Gasteiger partial charge in [0.2, 0.25) is 0 Å². The highest BCUT2D eigenvalue weighted by Crippen LogP contribution is 2.46. The summed E-state index contributed by atoms with van der Waals surface area (Å²) in [6, 6.07) is 16.9. The van der Waals surface area contributed by atoms with Crippen LogP contribution in [0.3, 0.4) is 0 Å². The minimum absolute atomic E-state index is 0. The van der Waals surface area contributed by atoms with Gasteiger partial charge < -0.3 is 34.1 Å². The number of aromatic nitrogens is 9. The highest BCUT2D eigenvalue weighted by Gasteiger charge is 2.37. The van der Waals surface area contributed by atoms with Crippen LogP contribution < -0.4 is 29.3 Å². The summed E-state index contributed by atoms with van der Waals surface area (Å²) in [5, 5.41) is 17.7. The molecule has 1 N–H and O–H groups in total. The zero-order valence-electron chi connectivity index (χ0n) is 49.6. The van der Waals surface area contributed by atoms with E-state index in [1.54, 1.807) is 0 Å². The molecule has 12 rings (SSSR count). The quantitative estimate of drug-likeness (QED) is 0.0860. The predicted octanol–water partition coefficient (Wildman–Crippen LogP) is 14.9. The fourth-order valence-electron chi connectivity index (χ4n) is 11.8. The first-order valence-corrected chi connectivity index (χ1v) is 28.5. The van der Waals surface area contributed by atoms with E-state index >= 15 is 0 Å². The lowest BCUT2D eigenvalue weighted by molar-refractivity contribution is -0.138. The molecule has 0 radical (unpaired) electrons. The number of aryl methyl sites for hydroxylation is 3. The Morgan fingerprint density at radius 2 is 0.898 bits per heavy atom. The van der Waals surface area contributed by atoms with Gasteiger partial charge in [0.1, 0.15) is 73.7 Å². The van der Waals surface area contributed by atoms with E-state index < -0.39 is 35.2 Å². The van der Waals surface area contributed by atoms with E-state index in [1.807, 2.05) is 58.8 Å². The summed E-state index contributed by atoms with van der Waals surface area (Å²) in [6.07, 6.45) is -8.73. The molecule has 3 aliphatic rings. The van der Waals surface area contributed by atoms with E-state index in [4.69, 9.17) is 29.4 Å². The molecule has 0 fully saturated rings. The largest absolute Gasteiger partial charge is 0.496 e. The molecular weight excluding hydrogens is 1160 g/mol. The highest BCUT2D eigenvalue weighted by atomic mass is 19.4. The van der Waals surface area contributed by atoms with Crippen LogP contribution in [0, 0.1) is 20.8 Å². The number of hydrogen-bond donors (Lipinski definition) is 1. The Kier molecular flexibility index (Phi) is 18.0. The number of nitrogens with zero attached hydrogens (tertiary/aromatic N) is 11. The maximum atomic E-state index is 13.2. The number of nitrogens with one attached hydrogen (secondary N) is 1. The SMILES string of the molecule is C.CCC1Cn2nc(-c3ccc(C(F)(F)F)cc3OC)c3nc(C)cc(c32)N1.CCC1Cn2nc(-c3ccc(C(F)(F)F)cc3OC)c3nc(C)cc(c32)N1CC=O.CCCN1c2cc(C)nc3c(-c4ccc(C(F)(F)F)cc4OC)nn(c23)CC1CC. The van der Waals surface area contributed by atoms with Crippen LogP contribution in [0.5, 0.6) is 17.2 Å². The molecule has 3 unspecified atom stereocenters. The van der Waals surface area contributed by atoms with Crippen LogP contribution in [0.1, 0.15) is 94.6 Å². The number of aldehydes is 1. The standard InChI is InChI=1S/C22H25F3N4O.C21H21F3N4O2.C19H19F3N4O.CH4/c1-5-9-28-15(6-2)12-29-21-17(28)10-13(3)26-20(21)19(27-29)16-8-7-14(22(23,24)25)11-18(16)30-4;1-4-14-11-28-20-16(27(14)7-8-29)9-12(2)25-19(20)18(26-28)15-6-5-13(21(22,23)24)10-17(15)30-3;1-4-12-9-26-18-14(24-12)7-10(2)23-17(18)16(25-26)13-6-5-11(19(20,21)22)8-15(13)27-3;/h7-8,10-11,15H,5-6,9,12H2,1-4H3;5-6,8-10,14H,4,7,11H2,1-3H3;5-8,12,24H,4,9H2,1-3H3;1H4. The van der Waals surface area contributed by atoms with Crippen molar-refractivity contribution in [3.8, 4) is 51.0 Å². The van der Waals surface area contributed by atoms with Crippen molar-refractivity contribution in [1.29, 1.82) is 0 Å².